The van der Waals surface area contributed by atoms with E-state index in [9.17, 15) is 5.11 Å². The van der Waals surface area contributed by atoms with Crippen molar-refractivity contribution in [1.29, 1.82) is 0 Å². The molecule has 0 aliphatic rings. The summed E-state index contributed by atoms with van der Waals surface area (Å²) in [7, 11) is 0. The Balaban J connectivity index is 1.63. The molecule has 0 aliphatic carbocycles. The van der Waals surface area contributed by atoms with Crippen molar-refractivity contribution in [2.45, 2.75) is 64.0 Å². The highest BCUT2D eigenvalue weighted by Crippen LogP contribution is 2.16. The molecule has 0 amide bonds. The molecule has 6 nitrogen and oxygen atoms in total. The van der Waals surface area contributed by atoms with Gasteiger partial charge in [-0.25, -0.2) is 0 Å². The lowest BCUT2D eigenvalue weighted by atomic mass is 10.1. The lowest BCUT2D eigenvalue weighted by Gasteiger charge is -2.21. The number of aliphatic hydroxyl groups is 2. The van der Waals surface area contributed by atoms with Crippen LogP contribution in [0.5, 0.6) is 11.5 Å². The maximum absolute atomic E-state index is 10.4. The number of nitrogens with one attached hydrogen (secondary N) is 1. The van der Waals surface area contributed by atoms with Gasteiger partial charge in [-0.05, 0) is 100 Å². The maximum atomic E-state index is 10.4. The molecular formula is C27H42N2O4. The Bertz CT molecular complexity index is 771. The molecule has 33 heavy (non-hydrogen) atoms. The van der Waals surface area contributed by atoms with Gasteiger partial charge in [0.15, 0.2) is 0 Å². The summed E-state index contributed by atoms with van der Waals surface area (Å²) in [6.45, 7) is 4.66. The molecule has 0 saturated heterocycles. The number of aliphatic hydroxyl groups excluding tert-OH is 2. The Labute approximate surface area is 199 Å². The van der Waals surface area contributed by atoms with Crippen LogP contribution in [0.3, 0.4) is 0 Å². The van der Waals surface area contributed by atoms with E-state index in [0.29, 0.717) is 13.2 Å². The molecule has 6 heteroatoms. The monoisotopic (exact) mass is 458 g/mol. The van der Waals surface area contributed by atoms with Crippen LogP contribution in [0.4, 0.5) is 0 Å². The van der Waals surface area contributed by atoms with Crippen molar-refractivity contribution < 1.29 is 19.7 Å². The minimum Gasteiger partial charge on any atom is -0.494 e. The van der Waals surface area contributed by atoms with Gasteiger partial charge in [-0.3, -0.25) is 0 Å². The fourth-order valence-electron chi connectivity index (χ4n) is 3.55. The molecule has 0 saturated carbocycles. The molecule has 0 fully saturated rings. The second-order valence-corrected chi connectivity index (χ2v) is 8.54. The van der Waals surface area contributed by atoms with Gasteiger partial charge in [0.1, 0.15) is 24.2 Å². The van der Waals surface area contributed by atoms with Crippen LogP contribution in [-0.2, 0) is 12.8 Å². The third kappa shape index (κ3) is 11.5. The molecule has 0 aliphatic heterocycles. The summed E-state index contributed by atoms with van der Waals surface area (Å²) in [6, 6.07) is 16.2. The minimum absolute atomic E-state index is 0.0565. The van der Waals surface area contributed by atoms with E-state index in [1.54, 1.807) is 0 Å². The third-order valence-electron chi connectivity index (χ3n) is 5.64. The number of aryl methyl sites for hydroxylation is 2. The Hall–Kier alpha value is -2.12. The predicted molar refractivity (Wildman–Crippen MR) is 134 cm³/mol. The molecule has 2 aromatic rings. The predicted octanol–water partition coefficient (Wildman–Crippen LogP) is 3.47. The van der Waals surface area contributed by atoms with Gasteiger partial charge in [0, 0.05) is 12.6 Å². The first-order valence-electron chi connectivity index (χ1n) is 12.3. The van der Waals surface area contributed by atoms with Gasteiger partial charge in [0.25, 0.3) is 0 Å². The van der Waals surface area contributed by atoms with Crippen LogP contribution < -0.4 is 20.5 Å². The number of unbranched alkanes of at least 4 members (excludes halogenated alkanes) is 2. The number of ether oxygens (including phenoxy) is 2. The van der Waals surface area contributed by atoms with Crippen molar-refractivity contribution in [3.8, 4) is 11.5 Å². The summed E-state index contributed by atoms with van der Waals surface area (Å²) in [5, 5.41) is 22.7. The molecule has 0 bridgehead atoms. The van der Waals surface area contributed by atoms with Crippen LogP contribution >= 0.6 is 0 Å². The highest BCUT2D eigenvalue weighted by Gasteiger charge is 2.14. The van der Waals surface area contributed by atoms with E-state index in [0.717, 1.165) is 63.0 Å². The SMILES string of the molecule is CC(NCCCc1cccc(OCCCCCO)c1)C(O)COc1cccc(CCCN)c1. The molecule has 0 aromatic heterocycles. The third-order valence-corrected chi connectivity index (χ3v) is 5.64. The molecule has 2 unspecified atom stereocenters. The van der Waals surface area contributed by atoms with E-state index in [4.69, 9.17) is 20.3 Å². The molecular weight excluding hydrogens is 416 g/mol. The second kappa shape index (κ2) is 16.5. The normalized spacial score (nSPS) is 13.0. The van der Waals surface area contributed by atoms with Crippen LogP contribution in [-0.4, -0.2) is 55.3 Å². The highest BCUT2D eigenvalue weighted by atomic mass is 16.5. The van der Waals surface area contributed by atoms with E-state index in [1.807, 2.05) is 37.3 Å². The van der Waals surface area contributed by atoms with Gasteiger partial charge in [-0.15, -0.1) is 0 Å². The Kier molecular flexibility index (Phi) is 13.6. The minimum atomic E-state index is -0.583. The molecule has 2 atom stereocenters. The zero-order valence-electron chi connectivity index (χ0n) is 20.0. The first-order valence-corrected chi connectivity index (χ1v) is 12.3. The summed E-state index contributed by atoms with van der Waals surface area (Å²) in [5.74, 6) is 1.68. The Morgan fingerprint density at radius 1 is 0.879 bits per heavy atom. The average Bonchev–Trinajstić information content (AvgIpc) is 2.84. The molecule has 2 rings (SSSR count). The largest absolute Gasteiger partial charge is 0.494 e. The Morgan fingerprint density at radius 2 is 1.55 bits per heavy atom. The van der Waals surface area contributed by atoms with Crippen LogP contribution in [0.1, 0.15) is 50.2 Å². The van der Waals surface area contributed by atoms with Crippen molar-refractivity contribution in [3.05, 3.63) is 59.7 Å². The van der Waals surface area contributed by atoms with Gasteiger partial charge in [0.05, 0.1) is 6.61 Å². The zero-order chi connectivity index (χ0) is 23.7. The topological polar surface area (TPSA) is 97.0 Å². The standard InChI is InChI=1S/C27H42N2O4/c1-22(27(31)21-33-26-14-6-9-23(20-26)11-7-15-28)29-16-8-12-24-10-5-13-25(19-24)32-18-4-2-3-17-30/h5-6,9-10,13-14,19-20,22,27,29-31H,2-4,7-8,11-12,15-18,21,28H2,1H3. The quantitative estimate of drug-likeness (QED) is 0.256. The number of benzene rings is 2. The molecule has 0 radical (unpaired) electrons. The van der Waals surface area contributed by atoms with Crippen molar-refractivity contribution in [2.75, 3.05) is 32.9 Å². The van der Waals surface area contributed by atoms with Crippen molar-refractivity contribution in [3.63, 3.8) is 0 Å². The van der Waals surface area contributed by atoms with Crippen LogP contribution in [0.25, 0.3) is 0 Å². The van der Waals surface area contributed by atoms with Crippen LogP contribution in [0.2, 0.25) is 0 Å². The summed E-state index contributed by atoms with van der Waals surface area (Å²) < 4.78 is 11.6. The number of hydrogen-bond acceptors (Lipinski definition) is 6. The van der Waals surface area contributed by atoms with Gasteiger partial charge < -0.3 is 30.7 Å². The number of nitrogens with two attached hydrogens (primary N) is 1. The van der Waals surface area contributed by atoms with Crippen molar-refractivity contribution in [1.82, 2.24) is 5.32 Å². The smallest absolute Gasteiger partial charge is 0.119 e. The summed E-state index contributed by atoms with van der Waals surface area (Å²) in [6.07, 6.45) is 6.00. The maximum Gasteiger partial charge on any atom is 0.119 e. The summed E-state index contributed by atoms with van der Waals surface area (Å²) in [5.41, 5.74) is 8.03. The van der Waals surface area contributed by atoms with Gasteiger partial charge >= 0.3 is 0 Å². The number of rotatable bonds is 18. The van der Waals surface area contributed by atoms with E-state index in [2.05, 4.69) is 23.5 Å². The first-order chi connectivity index (χ1) is 16.1. The molecule has 0 heterocycles. The number of hydrogen-bond donors (Lipinski definition) is 4. The molecule has 184 valence electrons. The molecule has 0 spiro atoms. The van der Waals surface area contributed by atoms with E-state index < -0.39 is 6.10 Å². The van der Waals surface area contributed by atoms with Crippen molar-refractivity contribution in [2.24, 2.45) is 5.73 Å². The van der Waals surface area contributed by atoms with Gasteiger partial charge in [-0.1, -0.05) is 24.3 Å². The lowest BCUT2D eigenvalue weighted by molar-refractivity contribution is 0.0786. The lowest BCUT2D eigenvalue weighted by Crippen LogP contribution is -2.41. The highest BCUT2D eigenvalue weighted by molar-refractivity contribution is 5.29. The van der Waals surface area contributed by atoms with Crippen molar-refractivity contribution >= 4 is 0 Å². The average molecular weight is 459 g/mol. The van der Waals surface area contributed by atoms with E-state index >= 15 is 0 Å². The first kappa shape index (κ1) is 27.1. The molecule has 5 N–H and O–H groups in total. The van der Waals surface area contributed by atoms with E-state index in [1.165, 1.54) is 11.1 Å². The fraction of sp³-hybridized carbons (Fsp3) is 0.556. The summed E-state index contributed by atoms with van der Waals surface area (Å²) in [4.78, 5) is 0. The second-order valence-electron chi connectivity index (χ2n) is 8.54. The van der Waals surface area contributed by atoms with Gasteiger partial charge in [0.2, 0.25) is 0 Å². The molecule has 2 aromatic carbocycles. The van der Waals surface area contributed by atoms with Crippen LogP contribution in [0.15, 0.2) is 48.5 Å². The Morgan fingerprint density at radius 3 is 2.21 bits per heavy atom. The van der Waals surface area contributed by atoms with Crippen LogP contribution in [0, 0.1) is 0 Å². The summed E-state index contributed by atoms with van der Waals surface area (Å²) >= 11 is 0. The van der Waals surface area contributed by atoms with E-state index in [-0.39, 0.29) is 19.3 Å². The van der Waals surface area contributed by atoms with Gasteiger partial charge in [-0.2, -0.15) is 0 Å². The fourth-order valence-corrected chi connectivity index (χ4v) is 3.55. The zero-order valence-corrected chi connectivity index (χ0v) is 20.0.